The quantitative estimate of drug-likeness (QED) is 0.665. The summed E-state index contributed by atoms with van der Waals surface area (Å²) in [4.78, 5) is 28.3. The molecule has 2 aromatic heterocycles. The van der Waals surface area contributed by atoms with Crippen LogP contribution in [-0.2, 0) is 11.3 Å². The number of carbonyl (C=O) groups is 1. The number of ether oxygens (including phenoxy) is 1. The third-order valence-electron chi connectivity index (χ3n) is 4.03. The average molecular weight is 385 g/mol. The molecule has 0 spiro atoms. The van der Waals surface area contributed by atoms with E-state index in [1.54, 1.807) is 36.0 Å². The van der Waals surface area contributed by atoms with Crippen molar-refractivity contribution in [3.8, 4) is 11.6 Å². The van der Waals surface area contributed by atoms with Gasteiger partial charge in [0.15, 0.2) is 11.9 Å². The van der Waals surface area contributed by atoms with Gasteiger partial charge >= 0.3 is 0 Å². The maximum Gasteiger partial charge on any atom is 0.266 e. The number of aromatic nitrogens is 4. The molecule has 1 atom stereocenters. The van der Waals surface area contributed by atoms with Gasteiger partial charge in [0.2, 0.25) is 0 Å². The van der Waals surface area contributed by atoms with Crippen molar-refractivity contribution in [2.24, 2.45) is 0 Å². The molecule has 9 heteroatoms. The van der Waals surface area contributed by atoms with Crippen molar-refractivity contribution in [2.45, 2.75) is 26.5 Å². The summed E-state index contributed by atoms with van der Waals surface area (Å²) in [6.07, 6.45) is 2.58. The van der Waals surface area contributed by atoms with E-state index in [-0.39, 0.29) is 30.3 Å². The fraction of sp³-hybridized carbons (Fsp3) is 0.263. The summed E-state index contributed by atoms with van der Waals surface area (Å²) in [5, 5.41) is 6.98. The molecule has 2 heterocycles. The first-order valence-corrected chi connectivity index (χ1v) is 8.72. The van der Waals surface area contributed by atoms with E-state index in [4.69, 9.17) is 4.74 Å². The molecule has 3 rings (SSSR count). The molecular weight excluding hydrogens is 365 g/mol. The first kappa shape index (κ1) is 19.3. The van der Waals surface area contributed by atoms with Crippen LogP contribution in [0, 0.1) is 12.7 Å². The topological polar surface area (TPSA) is 91.0 Å². The Balaban J connectivity index is 1.58. The molecule has 1 aromatic carbocycles. The lowest BCUT2D eigenvalue weighted by Gasteiger charge is -2.15. The maximum atomic E-state index is 13.2. The second kappa shape index (κ2) is 8.47. The first-order chi connectivity index (χ1) is 13.4. The number of hydrogen-bond donors (Lipinski definition) is 1. The molecule has 1 amide bonds. The lowest BCUT2D eigenvalue weighted by atomic mass is 10.3. The van der Waals surface area contributed by atoms with E-state index in [0.717, 1.165) is 5.82 Å². The number of aryl methyl sites for hydroxylation is 1. The fourth-order valence-electron chi connectivity index (χ4n) is 2.57. The molecule has 8 nitrogen and oxygen atoms in total. The minimum Gasteiger partial charge on any atom is -0.481 e. The molecule has 0 saturated heterocycles. The van der Waals surface area contributed by atoms with Gasteiger partial charge in [-0.25, -0.2) is 14.1 Å². The molecule has 0 fully saturated rings. The third kappa shape index (κ3) is 4.61. The fourth-order valence-corrected chi connectivity index (χ4v) is 2.57. The van der Waals surface area contributed by atoms with Crippen LogP contribution in [0.15, 0.2) is 53.6 Å². The summed E-state index contributed by atoms with van der Waals surface area (Å²) >= 11 is 0. The lowest BCUT2D eigenvalue weighted by molar-refractivity contribution is -0.127. The van der Waals surface area contributed by atoms with Crippen LogP contribution < -0.4 is 15.6 Å². The summed E-state index contributed by atoms with van der Waals surface area (Å²) in [6.45, 7) is 3.78. The van der Waals surface area contributed by atoms with Gasteiger partial charge in [0.05, 0.1) is 6.54 Å². The molecule has 0 aliphatic rings. The molecule has 0 saturated carbocycles. The van der Waals surface area contributed by atoms with Gasteiger partial charge < -0.3 is 10.1 Å². The average Bonchev–Trinajstić information content (AvgIpc) is 3.09. The van der Waals surface area contributed by atoms with Gasteiger partial charge in [0.1, 0.15) is 17.4 Å². The van der Waals surface area contributed by atoms with E-state index in [1.807, 2.05) is 6.92 Å². The Bertz CT molecular complexity index is 1030. The van der Waals surface area contributed by atoms with E-state index >= 15 is 0 Å². The summed E-state index contributed by atoms with van der Waals surface area (Å²) < 4.78 is 21.6. The van der Waals surface area contributed by atoms with Crippen LogP contribution in [0.5, 0.6) is 5.75 Å². The number of nitrogens with zero attached hydrogens (tertiary/aromatic N) is 4. The van der Waals surface area contributed by atoms with Crippen molar-refractivity contribution in [1.82, 2.24) is 24.6 Å². The van der Waals surface area contributed by atoms with Gasteiger partial charge in [-0.15, -0.1) is 0 Å². The molecule has 0 aliphatic heterocycles. The van der Waals surface area contributed by atoms with Crippen LogP contribution in [0.3, 0.4) is 0 Å². The molecule has 3 aromatic rings. The number of halogens is 1. The smallest absolute Gasteiger partial charge is 0.266 e. The normalized spacial score (nSPS) is 11.8. The molecule has 28 heavy (non-hydrogen) atoms. The highest BCUT2D eigenvalue weighted by Gasteiger charge is 2.14. The Labute approximate surface area is 160 Å². The van der Waals surface area contributed by atoms with Crippen molar-refractivity contribution in [3.05, 3.63) is 70.8 Å². The van der Waals surface area contributed by atoms with E-state index in [0.29, 0.717) is 5.82 Å². The molecule has 0 aliphatic carbocycles. The number of carbonyl (C=O) groups excluding carboxylic acids is 1. The Morgan fingerprint density at radius 1 is 1.32 bits per heavy atom. The van der Waals surface area contributed by atoms with Gasteiger partial charge in [-0.3, -0.25) is 14.2 Å². The predicted molar refractivity (Wildman–Crippen MR) is 99.9 cm³/mol. The zero-order valence-electron chi connectivity index (χ0n) is 15.5. The zero-order chi connectivity index (χ0) is 20.1. The van der Waals surface area contributed by atoms with E-state index in [2.05, 4.69) is 15.4 Å². The number of imidazole rings is 1. The Morgan fingerprint density at radius 2 is 2.14 bits per heavy atom. The number of amides is 1. The Hall–Kier alpha value is -3.49. The number of rotatable bonds is 7. The minimum atomic E-state index is -0.814. The summed E-state index contributed by atoms with van der Waals surface area (Å²) in [7, 11) is 0. The van der Waals surface area contributed by atoms with Crippen LogP contribution in [0.4, 0.5) is 4.39 Å². The van der Waals surface area contributed by atoms with E-state index in [9.17, 15) is 14.0 Å². The van der Waals surface area contributed by atoms with Gasteiger partial charge in [-0.1, -0.05) is 6.07 Å². The van der Waals surface area contributed by atoms with Crippen LogP contribution in [-0.4, -0.2) is 37.9 Å². The molecule has 146 valence electrons. The maximum absolute atomic E-state index is 13.2. The van der Waals surface area contributed by atoms with Crippen molar-refractivity contribution in [2.75, 3.05) is 6.54 Å². The van der Waals surface area contributed by atoms with Crippen molar-refractivity contribution < 1.29 is 13.9 Å². The SMILES string of the molecule is Cc1nccn1-c1ccc(=O)n(CCNC(=O)C(C)Oc2cccc(F)c2)n1. The number of benzene rings is 1. The van der Waals surface area contributed by atoms with Gasteiger partial charge in [-0.05, 0) is 32.0 Å². The van der Waals surface area contributed by atoms with Crippen LogP contribution in [0.1, 0.15) is 12.7 Å². The second-order valence-electron chi connectivity index (χ2n) is 6.11. The van der Waals surface area contributed by atoms with Gasteiger partial charge in [-0.2, -0.15) is 5.10 Å². The summed E-state index contributed by atoms with van der Waals surface area (Å²) in [6, 6.07) is 8.60. The predicted octanol–water partition coefficient (Wildman–Crippen LogP) is 1.46. The molecule has 0 radical (unpaired) electrons. The number of nitrogens with one attached hydrogen (secondary N) is 1. The number of hydrogen-bond acceptors (Lipinski definition) is 5. The standard InChI is InChI=1S/C19H20FN5O3/c1-13(28-16-5-3-4-15(20)12-16)19(27)22-9-11-25-18(26)7-6-17(23-25)24-10-8-21-14(24)2/h3-8,10,12-13H,9,11H2,1-2H3,(H,22,27). The Morgan fingerprint density at radius 3 is 2.86 bits per heavy atom. The van der Waals surface area contributed by atoms with Crippen molar-refractivity contribution in [3.63, 3.8) is 0 Å². The van der Waals surface area contributed by atoms with E-state index < -0.39 is 11.9 Å². The van der Waals surface area contributed by atoms with Crippen LogP contribution in [0.25, 0.3) is 5.82 Å². The highest BCUT2D eigenvalue weighted by molar-refractivity contribution is 5.80. The largest absolute Gasteiger partial charge is 0.481 e. The second-order valence-corrected chi connectivity index (χ2v) is 6.11. The van der Waals surface area contributed by atoms with Crippen LogP contribution >= 0.6 is 0 Å². The van der Waals surface area contributed by atoms with Crippen LogP contribution in [0.2, 0.25) is 0 Å². The molecule has 0 bridgehead atoms. The van der Waals surface area contributed by atoms with E-state index in [1.165, 1.54) is 28.9 Å². The van der Waals surface area contributed by atoms with Crippen molar-refractivity contribution >= 4 is 5.91 Å². The third-order valence-corrected chi connectivity index (χ3v) is 4.03. The lowest BCUT2D eigenvalue weighted by Crippen LogP contribution is -2.39. The molecule has 1 unspecified atom stereocenters. The first-order valence-electron chi connectivity index (χ1n) is 8.72. The van der Waals surface area contributed by atoms with Crippen molar-refractivity contribution in [1.29, 1.82) is 0 Å². The summed E-state index contributed by atoms with van der Waals surface area (Å²) in [5.74, 6) is 0.754. The molecule has 1 N–H and O–H groups in total. The zero-order valence-corrected chi connectivity index (χ0v) is 15.5. The summed E-state index contributed by atoms with van der Waals surface area (Å²) in [5.41, 5.74) is -0.278. The van der Waals surface area contributed by atoms with Gasteiger partial charge in [0, 0.05) is 31.1 Å². The Kier molecular flexibility index (Phi) is 5.83. The highest BCUT2D eigenvalue weighted by atomic mass is 19.1. The highest BCUT2D eigenvalue weighted by Crippen LogP contribution is 2.13. The minimum absolute atomic E-state index is 0.189. The van der Waals surface area contributed by atoms with Gasteiger partial charge in [0.25, 0.3) is 11.5 Å². The monoisotopic (exact) mass is 385 g/mol. The molecular formula is C19H20FN5O3.